The highest BCUT2D eigenvalue weighted by molar-refractivity contribution is 5.72. The first-order valence-corrected chi connectivity index (χ1v) is 11.8. The van der Waals surface area contributed by atoms with Crippen LogP contribution in [-0.4, -0.2) is 65.5 Å². The molecule has 0 amide bonds. The predicted octanol–water partition coefficient (Wildman–Crippen LogP) is 3.18. The number of aliphatic hydroxyl groups excluding tert-OH is 2. The molecule has 1 heterocycles. The molecule has 0 bridgehead atoms. The summed E-state index contributed by atoms with van der Waals surface area (Å²) in [5.41, 5.74) is 0. The van der Waals surface area contributed by atoms with Crippen molar-refractivity contribution in [1.29, 1.82) is 0 Å². The molecule has 0 radical (unpaired) electrons. The van der Waals surface area contributed by atoms with Crippen molar-refractivity contribution in [2.75, 3.05) is 19.8 Å². The molecule has 1 saturated carbocycles. The summed E-state index contributed by atoms with van der Waals surface area (Å²) in [4.78, 5) is 11.3. The lowest BCUT2D eigenvalue weighted by molar-refractivity contribution is -0.152. The van der Waals surface area contributed by atoms with Crippen molar-refractivity contribution in [3.8, 4) is 5.75 Å². The molecule has 0 aromatic heterocycles. The minimum atomic E-state index is -0.934. The van der Waals surface area contributed by atoms with Gasteiger partial charge in [-0.15, -0.1) is 0 Å². The zero-order chi connectivity index (χ0) is 23.8. The molecule has 33 heavy (non-hydrogen) atoms. The Morgan fingerprint density at radius 1 is 1.36 bits per heavy atom. The molecule has 3 rings (SSSR count). The second kappa shape index (κ2) is 12.5. The highest BCUT2D eigenvalue weighted by Crippen LogP contribution is 2.41. The number of carboxylic acids is 1. The third kappa shape index (κ3) is 7.50. The first kappa shape index (κ1) is 25.6. The fraction of sp³-hybridized carbons (Fsp3) is 0.640. The van der Waals surface area contributed by atoms with E-state index < -0.39 is 30.1 Å². The van der Waals surface area contributed by atoms with E-state index in [1.54, 1.807) is 12.1 Å². The molecular formula is C25H35FO7. The Kier molecular flexibility index (Phi) is 9.67. The van der Waals surface area contributed by atoms with Crippen LogP contribution in [0.1, 0.15) is 39.0 Å². The quantitative estimate of drug-likeness (QED) is 0.430. The number of fused-ring (bicyclic) bond motifs is 1. The van der Waals surface area contributed by atoms with Gasteiger partial charge in [-0.1, -0.05) is 31.6 Å². The van der Waals surface area contributed by atoms with Crippen molar-refractivity contribution in [2.45, 2.75) is 63.4 Å². The van der Waals surface area contributed by atoms with Gasteiger partial charge in [0.05, 0.1) is 25.4 Å². The topological polar surface area (TPSA) is 105 Å². The van der Waals surface area contributed by atoms with Crippen LogP contribution in [0.2, 0.25) is 0 Å². The van der Waals surface area contributed by atoms with E-state index in [4.69, 9.17) is 14.2 Å². The van der Waals surface area contributed by atoms with Crippen LogP contribution in [0.15, 0.2) is 36.4 Å². The lowest BCUT2D eigenvalue weighted by atomic mass is 9.87. The summed E-state index contributed by atoms with van der Waals surface area (Å²) in [5.74, 6) is -0.914. The monoisotopic (exact) mass is 466 g/mol. The molecule has 2 fully saturated rings. The smallest absolute Gasteiger partial charge is 0.332 e. The van der Waals surface area contributed by atoms with Crippen LogP contribution in [0.4, 0.5) is 4.39 Å². The SMILES string of the molecule is CCCC(OC[C@@H]1CC[C@@H]2[C@@H](C=C[C@@H](O)COc3cccc(F)c3)[C@H](O)C[C@@H]2OC1)C(=O)O. The predicted molar refractivity (Wildman–Crippen MR) is 119 cm³/mol. The molecule has 1 unspecified atom stereocenters. The van der Waals surface area contributed by atoms with Crippen LogP contribution in [-0.2, 0) is 14.3 Å². The second-order valence-electron chi connectivity index (χ2n) is 9.03. The molecular weight excluding hydrogens is 431 g/mol. The third-order valence-electron chi connectivity index (χ3n) is 6.48. The molecule has 1 aliphatic heterocycles. The third-order valence-corrected chi connectivity index (χ3v) is 6.48. The van der Waals surface area contributed by atoms with Crippen molar-refractivity contribution in [3.05, 3.63) is 42.2 Å². The Labute approximate surface area is 194 Å². The van der Waals surface area contributed by atoms with E-state index >= 15 is 0 Å². The number of carbonyl (C=O) groups is 1. The van der Waals surface area contributed by atoms with Gasteiger partial charge in [0.2, 0.25) is 0 Å². The summed E-state index contributed by atoms with van der Waals surface area (Å²) < 4.78 is 30.4. The molecule has 1 aliphatic carbocycles. The molecule has 7 atom stereocenters. The lowest BCUT2D eigenvalue weighted by Gasteiger charge is -2.21. The molecule has 8 heteroatoms. The number of benzene rings is 1. The summed E-state index contributed by atoms with van der Waals surface area (Å²) in [6.07, 6.45) is 4.54. The Balaban J connectivity index is 1.50. The zero-order valence-corrected chi connectivity index (χ0v) is 19.0. The van der Waals surface area contributed by atoms with Crippen LogP contribution in [0.5, 0.6) is 5.75 Å². The Hall–Kier alpha value is -2.00. The van der Waals surface area contributed by atoms with Gasteiger partial charge < -0.3 is 29.5 Å². The molecule has 1 aromatic rings. The maximum absolute atomic E-state index is 13.2. The van der Waals surface area contributed by atoms with E-state index in [0.717, 1.165) is 19.3 Å². The Bertz CT molecular complexity index is 786. The van der Waals surface area contributed by atoms with Crippen molar-refractivity contribution in [1.82, 2.24) is 0 Å². The summed E-state index contributed by atoms with van der Waals surface area (Å²) in [6, 6.07) is 5.74. The number of halogens is 1. The van der Waals surface area contributed by atoms with Gasteiger partial charge in [-0.2, -0.15) is 0 Å². The first-order chi connectivity index (χ1) is 15.9. The van der Waals surface area contributed by atoms with Crippen molar-refractivity contribution >= 4 is 5.97 Å². The van der Waals surface area contributed by atoms with Crippen molar-refractivity contribution in [2.24, 2.45) is 17.8 Å². The fourth-order valence-electron chi connectivity index (χ4n) is 4.69. The van der Waals surface area contributed by atoms with Gasteiger partial charge in [0.15, 0.2) is 6.10 Å². The summed E-state index contributed by atoms with van der Waals surface area (Å²) >= 11 is 0. The number of ether oxygens (including phenoxy) is 3. The maximum Gasteiger partial charge on any atom is 0.332 e. The number of carboxylic acid groups (broad SMARTS) is 1. The van der Waals surface area contributed by atoms with Gasteiger partial charge in [0, 0.05) is 24.3 Å². The van der Waals surface area contributed by atoms with E-state index in [0.29, 0.717) is 31.8 Å². The van der Waals surface area contributed by atoms with E-state index in [-0.39, 0.29) is 30.5 Å². The number of aliphatic carboxylic acids is 1. The molecule has 1 saturated heterocycles. The number of hydrogen-bond acceptors (Lipinski definition) is 6. The Morgan fingerprint density at radius 3 is 2.91 bits per heavy atom. The molecule has 1 aromatic carbocycles. The van der Waals surface area contributed by atoms with Crippen LogP contribution < -0.4 is 4.74 Å². The lowest BCUT2D eigenvalue weighted by Crippen LogP contribution is -2.27. The highest BCUT2D eigenvalue weighted by atomic mass is 19.1. The highest BCUT2D eigenvalue weighted by Gasteiger charge is 2.43. The van der Waals surface area contributed by atoms with Crippen LogP contribution >= 0.6 is 0 Å². The van der Waals surface area contributed by atoms with Gasteiger partial charge >= 0.3 is 5.97 Å². The summed E-state index contributed by atoms with van der Waals surface area (Å²) in [6.45, 7) is 2.73. The standard InChI is InChI=1S/C25H35FO7/c1-2-4-23(25(29)30)32-13-16-7-9-21-20(22(28)12-24(21)33-14-16)10-8-18(27)15-31-19-6-3-5-17(26)11-19/h3,5-6,8,10-11,16,18,20-24,27-28H,2,4,7,9,12-15H2,1H3,(H,29,30)/t16-,18+,20+,21+,22+,23?,24-/m0/s1. The minimum Gasteiger partial charge on any atom is -0.490 e. The summed E-state index contributed by atoms with van der Waals surface area (Å²) in [7, 11) is 0. The second-order valence-corrected chi connectivity index (χ2v) is 9.03. The number of hydrogen-bond donors (Lipinski definition) is 3. The van der Waals surface area contributed by atoms with Crippen LogP contribution in [0.3, 0.4) is 0 Å². The van der Waals surface area contributed by atoms with E-state index in [9.17, 15) is 24.5 Å². The zero-order valence-electron chi connectivity index (χ0n) is 19.0. The van der Waals surface area contributed by atoms with Gasteiger partial charge in [-0.05, 0) is 37.3 Å². The first-order valence-electron chi connectivity index (χ1n) is 11.8. The normalized spacial score (nSPS) is 29.4. The largest absolute Gasteiger partial charge is 0.490 e. The van der Waals surface area contributed by atoms with Crippen LogP contribution in [0.25, 0.3) is 0 Å². The Morgan fingerprint density at radius 2 is 2.18 bits per heavy atom. The molecule has 184 valence electrons. The minimum absolute atomic E-state index is 0.0186. The van der Waals surface area contributed by atoms with Crippen molar-refractivity contribution in [3.63, 3.8) is 0 Å². The fourth-order valence-corrected chi connectivity index (χ4v) is 4.69. The van der Waals surface area contributed by atoms with Gasteiger partial charge in [0.1, 0.15) is 24.3 Å². The summed E-state index contributed by atoms with van der Waals surface area (Å²) in [5, 5.41) is 30.1. The van der Waals surface area contributed by atoms with E-state index in [2.05, 4.69) is 0 Å². The number of aliphatic hydroxyl groups is 2. The van der Waals surface area contributed by atoms with Gasteiger partial charge in [-0.3, -0.25) is 0 Å². The average molecular weight is 467 g/mol. The maximum atomic E-state index is 13.2. The molecule has 7 nitrogen and oxygen atoms in total. The van der Waals surface area contributed by atoms with E-state index in [1.807, 2.05) is 13.0 Å². The van der Waals surface area contributed by atoms with Crippen LogP contribution in [0, 0.1) is 23.6 Å². The molecule has 0 spiro atoms. The van der Waals surface area contributed by atoms with E-state index in [1.165, 1.54) is 18.2 Å². The number of rotatable bonds is 11. The van der Waals surface area contributed by atoms with Gasteiger partial charge in [-0.25, -0.2) is 9.18 Å². The molecule has 3 N–H and O–H groups in total. The average Bonchev–Trinajstić information content (AvgIpc) is 2.94. The van der Waals surface area contributed by atoms with Crippen molar-refractivity contribution < 1.29 is 38.7 Å². The van der Waals surface area contributed by atoms with Gasteiger partial charge in [0.25, 0.3) is 0 Å². The molecule has 2 aliphatic rings.